The Morgan fingerprint density at radius 3 is 2.36 bits per heavy atom. The molecule has 3 aromatic rings. The van der Waals surface area contributed by atoms with Gasteiger partial charge in [-0.3, -0.25) is 4.79 Å². The number of carbonyl (C=O) groups is 1. The van der Waals surface area contributed by atoms with Gasteiger partial charge < -0.3 is 5.32 Å². The number of benzene rings is 2. The highest BCUT2D eigenvalue weighted by atomic mass is 32.1. The van der Waals surface area contributed by atoms with E-state index in [1.54, 1.807) is 0 Å². The van der Waals surface area contributed by atoms with Crippen molar-refractivity contribution >= 4 is 17.2 Å². The van der Waals surface area contributed by atoms with Crippen LogP contribution in [-0.4, -0.2) is 17.4 Å². The van der Waals surface area contributed by atoms with Crippen molar-refractivity contribution in [3.05, 3.63) is 76.8 Å². The van der Waals surface area contributed by atoms with E-state index in [1.807, 2.05) is 43.3 Å². The fourth-order valence-corrected chi connectivity index (χ4v) is 4.14. The molecule has 1 fully saturated rings. The van der Waals surface area contributed by atoms with Gasteiger partial charge in [-0.15, -0.1) is 11.3 Å². The van der Waals surface area contributed by atoms with E-state index in [0.29, 0.717) is 11.4 Å². The van der Waals surface area contributed by atoms with Gasteiger partial charge in [0, 0.05) is 17.5 Å². The van der Waals surface area contributed by atoms with E-state index in [9.17, 15) is 4.79 Å². The number of amides is 1. The first kappa shape index (κ1) is 16.0. The molecule has 1 aliphatic carbocycles. The number of rotatable bonds is 5. The third-order valence-electron chi connectivity index (χ3n) is 4.85. The average molecular weight is 348 g/mol. The van der Waals surface area contributed by atoms with Crippen molar-refractivity contribution < 1.29 is 4.79 Å². The van der Waals surface area contributed by atoms with Crippen LogP contribution in [0.1, 0.15) is 33.8 Å². The molecule has 2 aromatic carbocycles. The zero-order valence-corrected chi connectivity index (χ0v) is 15.0. The van der Waals surface area contributed by atoms with Gasteiger partial charge in [-0.1, -0.05) is 60.7 Å². The molecule has 1 aliphatic rings. The highest BCUT2D eigenvalue weighted by Crippen LogP contribution is 2.47. The second-order valence-corrected chi connectivity index (χ2v) is 7.63. The van der Waals surface area contributed by atoms with Crippen LogP contribution in [0.4, 0.5) is 0 Å². The van der Waals surface area contributed by atoms with Crippen LogP contribution in [0.25, 0.3) is 10.6 Å². The predicted octanol–water partition coefficient (Wildman–Crippen LogP) is 4.58. The molecule has 0 unspecified atom stereocenters. The van der Waals surface area contributed by atoms with Crippen LogP contribution in [0.2, 0.25) is 0 Å². The second-order valence-electron chi connectivity index (χ2n) is 6.63. The third-order valence-corrected chi connectivity index (χ3v) is 6.06. The summed E-state index contributed by atoms with van der Waals surface area (Å²) in [6.45, 7) is 2.59. The zero-order valence-electron chi connectivity index (χ0n) is 14.2. The average Bonchev–Trinajstić information content (AvgIpc) is 3.36. The Morgan fingerprint density at radius 1 is 1.08 bits per heavy atom. The Hall–Kier alpha value is -2.46. The van der Waals surface area contributed by atoms with Crippen LogP contribution in [0.5, 0.6) is 0 Å². The van der Waals surface area contributed by atoms with E-state index >= 15 is 0 Å². The molecule has 0 spiro atoms. The lowest BCUT2D eigenvalue weighted by Crippen LogP contribution is -2.32. The molecular formula is C21H20N2OS. The Kier molecular flexibility index (Phi) is 4.14. The maximum Gasteiger partial charge on any atom is 0.263 e. The summed E-state index contributed by atoms with van der Waals surface area (Å²) in [7, 11) is 0. The number of thiazole rings is 1. The lowest BCUT2D eigenvalue weighted by molar-refractivity contribution is 0.0953. The fourth-order valence-electron chi connectivity index (χ4n) is 3.15. The van der Waals surface area contributed by atoms with Gasteiger partial charge in [0.1, 0.15) is 9.88 Å². The monoisotopic (exact) mass is 348 g/mol. The SMILES string of the molecule is Cc1nc(-c2ccccc2)sc1C(=O)NCC1(c2ccccc2)CC1. The molecule has 0 atom stereocenters. The van der Waals surface area contributed by atoms with E-state index in [1.165, 1.54) is 16.9 Å². The van der Waals surface area contributed by atoms with Crippen molar-refractivity contribution in [2.24, 2.45) is 0 Å². The Labute approximate surface area is 151 Å². The Bertz CT molecular complexity index is 883. The molecule has 4 rings (SSSR count). The standard InChI is InChI=1S/C21H20N2OS/c1-15-18(25-20(23-15)16-8-4-2-5-9-16)19(24)22-14-21(12-13-21)17-10-6-3-7-11-17/h2-11H,12-14H2,1H3,(H,22,24). The number of aromatic nitrogens is 1. The number of hydrogen-bond donors (Lipinski definition) is 1. The van der Waals surface area contributed by atoms with Gasteiger partial charge in [0.15, 0.2) is 0 Å². The topological polar surface area (TPSA) is 42.0 Å². The predicted molar refractivity (Wildman–Crippen MR) is 102 cm³/mol. The fraction of sp³-hybridized carbons (Fsp3) is 0.238. The largest absolute Gasteiger partial charge is 0.350 e. The summed E-state index contributed by atoms with van der Waals surface area (Å²) in [4.78, 5) is 18.0. The first-order valence-corrected chi connectivity index (χ1v) is 9.36. The van der Waals surface area contributed by atoms with E-state index in [2.05, 4.69) is 34.6 Å². The van der Waals surface area contributed by atoms with Gasteiger partial charge in [-0.25, -0.2) is 4.98 Å². The van der Waals surface area contributed by atoms with Gasteiger partial charge >= 0.3 is 0 Å². The number of nitrogens with zero attached hydrogens (tertiary/aromatic N) is 1. The van der Waals surface area contributed by atoms with Gasteiger partial charge in [0.2, 0.25) is 0 Å². The van der Waals surface area contributed by atoms with E-state index in [0.717, 1.165) is 29.1 Å². The molecule has 0 saturated heterocycles. The summed E-state index contributed by atoms with van der Waals surface area (Å²) in [5.41, 5.74) is 3.29. The molecule has 1 saturated carbocycles. The van der Waals surface area contributed by atoms with Crippen LogP contribution in [0.15, 0.2) is 60.7 Å². The van der Waals surface area contributed by atoms with Gasteiger partial charge in [-0.2, -0.15) is 0 Å². The van der Waals surface area contributed by atoms with Crippen LogP contribution < -0.4 is 5.32 Å². The van der Waals surface area contributed by atoms with Crippen LogP contribution in [-0.2, 0) is 5.41 Å². The molecule has 3 nitrogen and oxygen atoms in total. The van der Waals surface area contributed by atoms with Crippen LogP contribution in [0, 0.1) is 6.92 Å². The quantitative estimate of drug-likeness (QED) is 0.733. The summed E-state index contributed by atoms with van der Waals surface area (Å²) in [5, 5.41) is 4.03. The molecule has 0 bridgehead atoms. The molecule has 25 heavy (non-hydrogen) atoms. The highest BCUT2D eigenvalue weighted by molar-refractivity contribution is 7.17. The van der Waals surface area contributed by atoms with Crippen molar-refractivity contribution in [3.8, 4) is 10.6 Å². The first-order chi connectivity index (χ1) is 12.2. The first-order valence-electron chi connectivity index (χ1n) is 8.55. The molecule has 1 N–H and O–H groups in total. The lowest BCUT2D eigenvalue weighted by Gasteiger charge is -2.16. The van der Waals surface area contributed by atoms with Gasteiger partial charge in [0.25, 0.3) is 5.91 Å². The van der Waals surface area contributed by atoms with Crippen molar-refractivity contribution in [1.82, 2.24) is 10.3 Å². The normalized spacial score (nSPS) is 14.9. The van der Waals surface area contributed by atoms with Crippen molar-refractivity contribution in [1.29, 1.82) is 0 Å². The Morgan fingerprint density at radius 2 is 1.72 bits per heavy atom. The number of aryl methyl sites for hydroxylation is 1. The van der Waals surface area contributed by atoms with E-state index in [-0.39, 0.29) is 11.3 Å². The van der Waals surface area contributed by atoms with Crippen molar-refractivity contribution in [2.45, 2.75) is 25.2 Å². The molecule has 4 heteroatoms. The smallest absolute Gasteiger partial charge is 0.263 e. The molecule has 1 heterocycles. The maximum atomic E-state index is 12.7. The van der Waals surface area contributed by atoms with Gasteiger partial charge in [0.05, 0.1) is 5.69 Å². The number of hydrogen-bond acceptors (Lipinski definition) is 3. The maximum absolute atomic E-state index is 12.7. The van der Waals surface area contributed by atoms with Gasteiger partial charge in [-0.05, 0) is 25.3 Å². The van der Waals surface area contributed by atoms with E-state index in [4.69, 9.17) is 0 Å². The molecule has 1 aromatic heterocycles. The van der Waals surface area contributed by atoms with Crippen molar-refractivity contribution in [2.75, 3.05) is 6.54 Å². The van der Waals surface area contributed by atoms with Crippen molar-refractivity contribution in [3.63, 3.8) is 0 Å². The van der Waals surface area contributed by atoms with Crippen LogP contribution in [0.3, 0.4) is 0 Å². The molecular weight excluding hydrogens is 328 g/mol. The second kappa shape index (κ2) is 6.45. The third kappa shape index (κ3) is 3.22. The summed E-state index contributed by atoms with van der Waals surface area (Å²) < 4.78 is 0. The number of carbonyl (C=O) groups excluding carboxylic acids is 1. The zero-order chi connectivity index (χ0) is 17.3. The molecule has 126 valence electrons. The van der Waals surface area contributed by atoms with E-state index < -0.39 is 0 Å². The molecule has 0 radical (unpaired) electrons. The lowest BCUT2D eigenvalue weighted by atomic mass is 9.96. The summed E-state index contributed by atoms with van der Waals surface area (Å²) >= 11 is 1.46. The van der Waals surface area contributed by atoms with Crippen LogP contribution >= 0.6 is 11.3 Å². The summed E-state index contributed by atoms with van der Waals surface area (Å²) in [5.74, 6) is -0.0145. The summed E-state index contributed by atoms with van der Waals surface area (Å²) in [6, 6.07) is 20.5. The minimum Gasteiger partial charge on any atom is -0.350 e. The minimum atomic E-state index is -0.0145. The highest BCUT2D eigenvalue weighted by Gasteiger charge is 2.44. The summed E-state index contributed by atoms with van der Waals surface area (Å²) in [6.07, 6.45) is 2.27. The number of nitrogens with one attached hydrogen (secondary N) is 1. The molecule has 0 aliphatic heterocycles. The minimum absolute atomic E-state index is 0.0145. The molecule has 1 amide bonds. The Balaban J connectivity index is 1.48.